The molecule has 6 nitrogen and oxygen atoms in total. The van der Waals surface area contributed by atoms with Crippen molar-refractivity contribution in [2.24, 2.45) is 0 Å². The van der Waals surface area contributed by atoms with Crippen LogP contribution in [0.15, 0.2) is 71.5 Å². The minimum atomic E-state index is -0.123. The monoisotopic (exact) mass is 425 g/mol. The average Bonchev–Trinajstić information content (AvgIpc) is 3.48. The van der Waals surface area contributed by atoms with Crippen molar-refractivity contribution in [3.63, 3.8) is 0 Å². The summed E-state index contributed by atoms with van der Waals surface area (Å²) in [5.41, 5.74) is 6.37. The Balaban J connectivity index is 1.22. The highest BCUT2D eigenvalue weighted by Crippen LogP contribution is 2.33. The lowest BCUT2D eigenvalue weighted by molar-refractivity contribution is 0.0933. The summed E-state index contributed by atoms with van der Waals surface area (Å²) in [6.07, 6.45) is 4.04. The van der Waals surface area contributed by atoms with Crippen molar-refractivity contribution in [3.8, 4) is 28.3 Å². The number of carbonyl (C=O) groups excluding carboxylic acids is 1. The van der Waals surface area contributed by atoms with Crippen LogP contribution in [-0.4, -0.2) is 28.5 Å². The molecule has 5 rings (SSSR count). The number of nitrogens with zero attached hydrogens (tertiary/aromatic N) is 2. The molecule has 0 spiro atoms. The fourth-order valence-corrected chi connectivity index (χ4v) is 3.93. The summed E-state index contributed by atoms with van der Waals surface area (Å²) in [4.78, 5) is 21.6. The minimum absolute atomic E-state index is 0.101. The van der Waals surface area contributed by atoms with Gasteiger partial charge in [0.1, 0.15) is 17.6 Å². The average molecular weight is 425 g/mol. The predicted octanol–water partition coefficient (Wildman–Crippen LogP) is 4.75. The summed E-state index contributed by atoms with van der Waals surface area (Å²) in [5.74, 6) is 1.51. The molecule has 160 valence electrons. The zero-order chi connectivity index (χ0) is 22.1. The van der Waals surface area contributed by atoms with E-state index in [1.807, 2.05) is 50.2 Å². The van der Waals surface area contributed by atoms with Gasteiger partial charge in [0.05, 0.1) is 29.9 Å². The van der Waals surface area contributed by atoms with Crippen LogP contribution in [-0.2, 0) is 6.42 Å². The zero-order valence-corrected chi connectivity index (χ0v) is 18.0. The first-order valence-corrected chi connectivity index (χ1v) is 10.6. The number of hydrogen-bond acceptors (Lipinski definition) is 5. The standard InChI is InChI=1S/C26H23N3O3/c1-16-14-27-17(2)25(29-16)20-9-10-24-21(12-20)13-22(32-24)15-28-26(30)19-7-5-18(6-8-19)23-4-3-11-31-23/h3-12,14,22H,13,15H2,1-2H3,(H,28,30). The molecule has 0 saturated heterocycles. The van der Waals surface area contributed by atoms with Crippen LogP contribution < -0.4 is 10.1 Å². The summed E-state index contributed by atoms with van der Waals surface area (Å²) in [6, 6.07) is 17.2. The highest BCUT2D eigenvalue weighted by Gasteiger charge is 2.24. The predicted molar refractivity (Wildman–Crippen MR) is 122 cm³/mol. The van der Waals surface area contributed by atoms with Crippen LogP contribution in [0.4, 0.5) is 0 Å². The third-order valence-electron chi connectivity index (χ3n) is 5.59. The number of aromatic nitrogens is 2. The van der Waals surface area contributed by atoms with Gasteiger partial charge in [-0.1, -0.05) is 12.1 Å². The molecule has 6 heteroatoms. The van der Waals surface area contributed by atoms with Crippen LogP contribution >= 0.6 is 0 Å². The van der Waals surface area contributed by atoms with Crippen molar-refractivity contribution in [1.82, 2.24) is 15.3 Å². The maximum Gasteiger partial charge on any atom is 0.251 e. The van der Waals surface area contributed by atoms with Crippen LogP contribution in [0.3, 0.4) is 0 Å². The van der Waals surface area contributed by atoms with Gasteiger partial charge in [-0.25, -0.2) is 4.98 Å². The Labute approximate surface area is 186 Å². The van der Waals surface area contributed by atoms with Gasteiger partial charge in [0.25, 0.3) is 5.91 Å². The van der Waals surface area contributed by atoms with Gasteiger partial charge in [0, 0.05) is 29.3 Å². The Morgan fingerprint density at radius 3 is 2.69 bits per heavy atom. The summed E-state index contributed by atoms with van der Waals surface area (Å²) in [5, 5.41) is 2.98. The number of ether oxygens (including phenoxy) is 1. The molecule has 3 heterocycles. The molecule has 1 aliphatic heterocycles. The molecular weight excluding hydrogens is 402 g/mol. The second-order valence-electron chi connectivity index (χ2n) is 7.98. The van der Waals surface area contributed by atoms with E-state index >= 15 is 0 Å². The highest BCUT2D eigenvalue weighted by molar-refractivity contribution is 5.94. The molecule has 1 N–H and O–H groups in total. The molecule has 1 amide bonds. The van der Waals surface area contributed by atoms with Gasteiger partial charge in [-0.2, -0.15) is 0 Å². The van der Waals surface area contributed by atoms with Crippen LogP contribution in [0, 0.1) is 13.8 Å². The quantitative estimate of drug-likeness (QED) is 0.499. The number of aryl methyl sites for hydroxylation is 2. The van der Waals surface area contributed by atoms with Crippen molar-refractivity contribution in [2.75, 3.05) is 6.54 Å². The van der Waals surface area contributed by atoms with E-state index in [0.717, 1.165) is 51.7 Å². The van der Waals surface area contributed by atoms with Crippen molar-refractivity contribution >= 4 is 5.91 Å². The first kappa shape index (κ1) is 20.0. The molecule has 1 atom stereocenters. The lowest BCUT2D eigenvalue weighted by Gasteiger charge is -2.12. The van der Waals surface area contributed by atoms with E-state index in [1.165, 1.54) is 0 Å². The minimum Gasteiger partial charge on any atom is -0.488 e. The fraction of sp³-hybridized carbons (Fsp3) is 0.192. The van der Waals surface area contributed by atoms with Gasteiger partial charge in [0.2, 0.25) is 0 Å². The summed E-state index contributed by atoms with van der Waals surface area (Å²) in [6.45, 7) is 4.34. The topological polar surface area (TPSA) is 77.2 Å². The highest BCUT2D eigenvalue weighted by atomic mass is 16.5. The molecule has 0 radical (unpaired) electrons. The molecule has 1 aliphatic rings. The first-order chi connectivity index (χ1) is 15.6. The van der Waals surface area contributed by atoms with E-state index < -0.39 is 0 Å². The number of furan rings is 1. The Morgan fingerprint density at radius 1 is 1.09 bits per heavy atom. The SMILES string of the molecule is Cc1cnc(C)c(-c2ccc3c(c2)CC(CNC(=O)c2ccc(-c4ccco4)cc2)O3)n1. The number of fused-ring (bicyclic) bond motifs is 1. The van der Waals surface area contributed by atoms with Crippen LogP contribution in [0.25, 0.3) is 22.6 Å². The molecule has 32 heavy (non-hydrogen) atoms. The number of carbonyl (C=O) groups is 1. The van der Waals surface area contributed by atoms with Gasteiger partial charge in [-0.15, -0.1) is 0 Å². The molecule has 2 aromatic heterocycles. The van der Waals surface area contributed by atoms with E-state index in [0.29, 0.717) is 12.1 Å². The van der Waals surface area contributed by atoms with Crippen molar-refractivity contribution in [2.45, 2.75) is 26.4 Å². The van der Waals surface area contributed by atoms with Gasteiger partial charge in [-0.05, 0) is 61.9 Å². The van der Waals surface area contributed by atoms with Crippen LogP contribution in [0.5, 0.6) is 5.75 Å². The van der Waals surface area contributed by atoms with E-state index in [4.69, 9.17) is 9.15 Å². The number of benzene rings is 2. The lowest BCUT2D eigenvalue weighted by Crippen LogP contribution is -2.34. The zero-order valence-electron chi connectivity index (χ0n) is 18.0. The van der Waals surface area contributed by atoms with E-state index in [1.54, 1.807) is 24.6 Å². The third-order valence-corrected chi connectivity index (χ3v) is 5.59. The van der Waals surface area contributed by atoms with Crippen molar-refractivity contribution < 1.29 is 13.9 Å². The maximum atomic E-state index is 12.6. The van der Waals surface area contributed by atoms with Gasteiger partial charge < -0.3 is 14.5 Å². The smallest absolute Gasteiger partial charge is 0.251 e. The Hall–Kier alpha value is -3.93. The molecule has 0 saturated carbocycles. The Kier molecular flexibility index (Phi) is 5.19. The number of amides is 1. The third kappa shape index (κ3) is 3.99. The Morgan fingerprint density at radius 2 is 1.91 bits per heavy atom. The fourth-order valence-electron chi connectivity index (χ4n) is 3.93. The van der Waals surface area contributed by atoms with E-state index in [-0.39, 0.29) is 12.0 Å². The van der Waals surface area contributed by atoms with Gasteiger partial charge in [-0.3, -0.25) is 9.78 Å². The van der Waals surface area contributed by atoms with Crippen LogP contribution in [0.1, 0.15) is 27.3 Å². The molecule has 2 aromatic carbocycles. The van der Waals surface area contributed by atoms with Gasteiger partial charge >= 0.3 is 0 Å². The van der Waals surface area contributed by atoms with Crippen LogP contribution in [0.2, 0.25) is 0 Å². The molecule has 4 aromatic rings. The molecule has 1 unspecified atom stereocenters. The second-order valence-corrected chi connectivity index (χ2v) is 7.98. The van der Waals surface area contributed by atoms with Crippen molar-refractivity contribution in [1.29, 1.82) is 0 Å². The Bertz CT molecular complexity index is 1260. The molecular formula is C26H23N3O3. The summed E-state index contributed by atoms with van der Waals surface area (Å²) in [7, 11) is 0. The number of hydrogen-bond donors (Lipinski definition) is 1. The van der Waals surface area contributed by atoms with Gasteiger partial charge in [0.15, 0.2) is 0 Å². The largest absolute Gasteiger partial charge is 0.488 e. The maximum absolute atomic E-state index is 12.6. The van der Waals surface area contributed by atoms with Crippen molar-refractivity contribution in [3.05, 3.63) is 89.6 Å². The number of nitrogens with one attached hydrogen (secondary N) is 1. The second kappa shape index (κ2) is 8.30. The number of rotatable bonds is 5. The lowest BCUT2D eigenvalue weighted by atomic mass is 10.0. The normalized spacial score (nSPS) is 14.6. The molecule has 0 aliphatic carbocycles. The van der Waals surface area contributed by atoms with E-state index in [9.17, 15) is 4.79 Å². The summed E-state index contributed by atoms with van der Waals surface area (Å²) < 4.78 is 11.4. The molecule has 0 bridgehead atoms. The molecule has 0 fully saturated rings. The van der Waals surface area contributed by atoms with E-state index in [2.05, 4.69) is 21.4 Å². The first-order valence-electron chi connectivity index (χ1n) is 10.6. The summed E-state index contributed by atoms with van der Waals surface area (Å²) >= 11 is 0.